The zero-order valence-corrected chi connectivity index (χ0v) is 24.1. The smallest absolute Gasteiger partial charge is 0.180 e. The molecule has 0 bridgehead atoms. The van der Waals surface area contributed by atoms with Gasteiger partial charge in [-0.05, 0) is 75.0 Å². The number of Topliss-reactive ketones (excluding diaryl/α,β-unsaturated/α-hetero) is 1. The van der Waals surface area contributed by atoms with Crippen molar-refractivity contribution >= 4 is 34.2 Å². The van der Waals surface area contributed by atoms with Crippen molar-refractivity contribution in [2.75, 3.05) is 44.7 Å². The molecule has 5 rings (SSSR count). The Balaban J connectivity index is 0.955. The van der Waals surface area contributed by atoms with Crippen molar-refractivity contribution in [3.8, 4) is 0 Å². The van der Waals surface area contributed by atoms with E-state index in [1.807, 2.05) is 18.2 Å². The monoisotopic (exact) mass is 543 g/mol. The van der Waals surface area contributed by atoms with Gasteiger partial charge in [-0.15, -0.1) is 0 Å². The van der Waals surface area contributed by atoms with Gasteiger partial charge in [-0.2, -0.15) is 0 Å². The highest BCUT2D eigenvalue weighted by Gasteiger charge is 2.29. The number of carbonyl (C=O) groups is 1. The summed E-state index contributed by atoms with van der Waals surface area (Å²) in [5, 5.41) is 6.05. The average molecular weight is 544 g/mol. The molecule has 1 aromatic heterocycles. The molecular formula is C31H46ClN3O3. The molecule has 1 aliphatic heterocycles. The van der Waals surface area contributed by atoms with Gasteiger partial charge >= 0.3 is 0 Å². The lowest BCUT2D eigenvalue weighted by molar-refractivity contribution is -0.123. The van der Waals surface area contributed by atoms with Crippen molar-refractivity contribution in [2.45, 2.75) is 83.7 Å². The van der Waals surface area contributed by atoms with Crippen molar-refractivity contribution in [1.29, 1.82) is 0 Å². The molecule has 0 spiro atoms. The van der Waals surface area contributed by atoms with Crippen LogP contribution in [-0.4, -0.2) is 61.8 Å². The van der Waals surface area contributed by atoms with Crippen LogP contribution in [0.1, 0.15) is 77.6 Å². The molecule has 3 fully saturated rings. The van der Waals surface area contributed by atoms with Crippen LogP contribution in [0.5, 0.6) is 0 Å². The third kappa shape index (κ3) is 7.11. The minimum atomic E-state index is 0.223. The van der Waals surface area contributed by atoms with E-state index in [1.165, 1.54) is 45.1 Å². The van der Waals surface area contributed by atoms with Gasteiger partial charge < -0.3 is 14.2 Å². The van der Waals surface area contributed by atoms with Crippen molar-refractivity contribution in [2.24, 2.45) is 23.7 Å². The summed E-state index contributed by atoms with van der Waals surface area (Å²) in [5.41, 5.74) is 0.760. The van der Waals surface area contributed by atoms with Crippen molar-refractivity contribution in [1.82, 2.24) is 10.1 Å². The third-order valence-electron chi connectivity index (χ3n) is 9.78. The molecular weight excluding hydrogens is 498 g/mol. The Kier molecular flexibility index (Phi) is 9.66. The Bertz CT molecular complexity index is 1040. The van der Waals surface area contributed by atoms with Gasteiger partial charge in [0.2, 0.25) is 0 Å². The van der Waals surface area contributed by atoms with Crippen molar-refractivity contribution < 1.29 is 14.1 Å². The molecule has 38 heavy (non-hydrogen) atoms. The first kappa shape index (κ1) is 27.9. The number of fused-ring (bicyclic) bond motifs is 1. The number of rotatable bonds is 11. The number of nitrogens with zero attached hydrogens (tertiary/aromatic N) is 3. The minimum Gasteiger partial charge on any atom is -0.381 e. The summed E-state index contributed by atoms with van der Waals surface area (Å²) in [6, 6.07) is 5.76. The number of methoxy groups -OCH3 is 1. The van der Waals surface area contributed by atoms with Gasteiger partial charge in [0.05, 0.1) is 11.5 Å². The number of hydrogen-bond acceptors (Lipinski definition) is 6. The zero-order valence-electron chi connectivity index (χ0n) is 23.4. The standard InChI is InChI=1S/C31H46ClN3O3/c1-22(29(36)20-25-9-11-27(19-25)37-2)3-4-23-5-7-24(8-6-23)13-14-34-15-17-35(18-16-34)31-28-12-10-26(32)21-30(28)38-33-31/h10,12,21-25,27H,3-9,11,13-20H2,1-2H3. The summed E-state index contributed by atoms with van der Waals surface area (Å²) < 4.78 is 11.0. The molecule has 7 heteroatoms. The Morgan fingerprint density at radius 2 is 1.76 bits per heavy atom. The fraction of sp³-hybridized carbons (Fsp3) is 0.742. The van der Waals surface area contributed by atoms with Gasteiger partial charge in [0, 0.05) is 56.7 Å². The number of piperazine rings is 1. The van der Waals surface area contributed by atoms with E-state index < -0.39 is 0 Å². The van der Waals surface area contributed by atoms with E-state index in [1.54, 1.807) is 7.11 Å². The normalized spacial score (nSPS) is 27.7. The summed E-state index contributed by atoms with van der Waals surface area (Å²) >= 11 is 6.09. The van der Waals surface area contributed by atoms with Crippen LogP contribution in [0.15, 0.2) is 22.7 Å². The van der Waals surface area contributed by atoms with E-state index in [0.29, 0.717) is 22.8 Å². The van der Waals surface area contributed by atoms with Crippen molar-refractivity contribution in [3.05, 3.63) is 23.2 Å². The van der Waals surface area contributed by atoms with E-state index >= 15 is 0 Å². The lowest BCUT2D eigenvalue weighted by atomic mass is 9.77. The highest BCUT2D eigenvalue weighted by molar-refractivity contribution is 6.31. The van der Waals surface area contributed by atoms with E-state index in [2.05, 4.69) is 21.9 Å². The van der Waals surface area contributed by atoms with Crippen molar-refractivity contribution in [3.63, 3.8) is 0 Å². The van der Waals surface area contributed by atoms with Gasteiger partial charge in [-0.1, -0.05) is 49.4 Å². The molecule has 1 saturated heterocycles. The molecule has 0 radical (unpaired) electrons. The number of hydrogen-bond donors (Lipinski definition) is 0. The Labute approximate surface area is 233 Å². The quantitative estimate of drug-likeness (QED) is 0.304. The van der Waals surface area contributed by atoms with Crippen LogP contribution in [0.3, 0.4) is 0 Å². The molecule has 1 aromatic carbocycles. The van der Waals surface area contributed by atoms with Gasteiger partial charge in [0.15, 0.2) is 11.4 Å². The Morgan fingerprint density at radius 1 is 1.05 bits per heavy atom. The molecule has 3 unspecified atom stereocenters. The number of carbonyl (C=O) groups excluding carboxylic acids is 1. The third-order valence-corrected chi connectivity index (χ3v) is 10.0. The number of halogens is 1. The summed E-state index contributed by atoms with van der Waals surface area (Å²) in [6.07, 6.45) is 13.5. The van der Waals surface area contributed by atoms with E-state index in [-0.39, 0.29) is 5.92 Å². The first-order chi connectivity index (χ1) is 18.5. The molecule has 2 aromatic rings. The number of anilines is 1. The maximum absolute atomic E-state index is 12.7. The minimum absolute atomic E-state index is 0.223. The lowest BCUT2D eigenvalue weighted by Gasteiger charge is -2.36. The van der Waals surface area contributed by atoms with Crippen LogP contribution >= 0.6 is 11.6 Å². The Hall–Kier alpha value is -1.63. The van der Waals surface area contributed by atoms with Crippen LogP contribution in [0, 0.1) is 23.7 Å². The highest BCUT2D eigenvalue weighted by atomic mass is 35.5. The fourth-order valence-corrected chi connectivity index (χ4v) is 7.21. The van der Waals surface area contributed by atoms with Crippen LogP contribution in [0.2, 0.25) is 5.02 Å². The van der Waals surface area contributed by atoms with Crippen LogP contribution in [-0.2, 0) is 9.53 Å². The topological polar surface area (TPSA) is 58.8 Å². The van der Waals surface area contributed by atoms with Crippen LogP contribution < -0.4 is 4.90 Å². The number of benzene rings is 1. The second kappa shape index (κ2) is 13.1. The lowest BCUT2D eigenvalue weighted by Crippen LogP contribution is -2.47. The molecule has 3 atom stereocenters. The highest BCUT2D eigenvalue weighted by Crippen LogP contribution is 2.36. The molecule has 0 amide bonds. The number of aromatic nitrogens is 1. The van der Waals surface area contributed by atoms with Crippen LogP contribution in [0.4, 0.5) is 5.82 Å². The second-order valence-corrected chi connectivity index (χ2v) is 12.8. The SMILES string of the molecule is COC1CCC(CC(=O)C(C)CCC2CCC(CCN3CCN(c4noc5cc(Cl)ccc45)CC3)CC2)C1. The number of ether oxygens (including phenoxy) is 1. The van der Waals surface area contributed by atoms with E-state index in [0.717, 1.165) is 86.9 Å². The molecule has 210 valence electrons. The first-order valence-corrected chi connectivity index (χ1v) is 15.4. The number of ketones is 1. The zero-order chi connectivity index (χ0) is 26.5. The largest absolute Gasteiger partial charge is 0.381 e. The summed E-state index contributed by atoms with van der Waals surface area (Å²) in [7, 11) is 1.80. The fourth-order valence-electron chi connectivity index (χ4n) is 7.04. The Morgan fingerprint density at radius 3 is 2.47 bits per heavy atom. The van der Waals surface area contributed by atoms with Crippen LogP contribution in [0.25, 0.3) is 11.0 Å². The molecule has 6 nitrogen and oxygen atoms in total. The van der Waals surface area contributed by atoms with E-state index in [4.69, 9.17) is 20.9 Å². The maximum Gasteiger partial charge on any atom is 0.180 e. The summed E-state index contributed by atoms with van der Waals surface area (Å²) in [6.45, 7) is 7.50. The molecule has 2 saturated carbocycles. The predicted molar refractivity (Wildman–Crippen MR) is 154 cm³/mol. The molecule has 3 aliphatic rings. The predicted octanol–water partition coefficient (Wildman–Crippen LogP) is 6.99. The molecule has 0 N–H and O–H groups in total. The first-order valence-electron chi connectivity index (χ1n) is 15.1. The second-order valence-electron chi connectivity index (χ2n) is 12.3. The average Bonchev–Trinajstić information content (AvgIpc) is 3.58. The molecule has 2 heterocycles. The maximum atomic E-state index is 12.7. The van der Waals surface area contributed by atoms with Gasteiger partial charge in [0.1, 0.15) is 5.78 Å². The van der Waals surface area contributed by atoms with Gasteiger partial charge in [-0.3, -0.25) is 9.69 Å². The molecule has 2 aliphatic carbocycles. The summed E-state index contributed by atoms with van der Waals surface area (Å²) in [4.78, 5) is 17.7. The summed E-state index contributed by atoms with van der Waals surface area (Å²) in [5.74, 6) is 3.90. The van der Waals surface area contributed by atoms with Gasteiger partial charge in [0.25, 0.3) is 0 Å². The van der Waals surface area contributed by atoms with Gasteiger partial charge in [-0.25, -0.2) is 0 Å². The van der Waals surface area contributed by atoms with E-state index in [9.17, 15) is 4.79 Å².